The van der Waals surface area contributed by atoms with Gasteiger partial charge < -0.3 is 14.9 Å². The summed E-state index contributed by atoms with van der Waals surface area (Å²) in [6, 6.07) is 21.2. The molecule has 0 radical (unpaired) electrons. The molecule has 4 aromatic rings. The van der Waals surface area contributed by atoms with Gasteiger partial charge in [0.25, 0.3) is 0 Å². The summed E-state index contributed by atoms with van der Waals surface area (Å²) in [7, 11) is 0. The van der Waals surface area contributed by atoms with Crippen LogP contribution in [0.5, 0.6) is 11.5 Å². The number of fused-ring (bicyclic) bond motifs is 3. The second-order valence-corrected chi connectivity index (χ2v) is 4.93. The van der Waals surface area contributed by atoms with E-state index < -0.39 is 0 Å². The summed E-state index contributed by atoms with van der Waals surface area (Å²) in [5.41, 5.74) is 8.19. The van der Waals surface area contributed by atoms with E-state index in [1.807, 2.05) is 60.7 Å². The lowest BCUT2D eigenvalue weighted by Gasteiger charge is -2.06. The topological polar surface area (TPSA) is 48.4 Å². The highest BCUT2D eigenvalue weighted by atomic mass is 16.5. The van der Waals surface area contributed by atoms with E-state index in [2.05, 4.69) is 0 Å². The van der Waals surface area contributed by atoms with Gasteiger partial charge in [0.05, 0.1) is 0 Å². The molecule has 0 bridgehead atoms. The SMILES string of the molecule is Nc1cccc(Oc2ccc3oc4ccccc4c3c2)c1. The van der Waals surface area contributed by atoms with Gasteiger partial charge in [0.1, 0.15) is 22.7 Å². The fraction of sp³-hybridized carbons (Fsp3) is 0. The molecule has 1 heterocycles. The van der Waals surface area contributed by atoms with Gasteiger partial charge in [0, 0.05) is 22.5 Å². The molecule has 2 N–H and O–H groups in total. The first kappa shape index (κ1) is 11.9. The molecule has 21 heavy (non-hydrogen) atoms. The monoisotopic (exact) mass is 275 g/mol. The van der Waals surface area contributed by atoms with Gasteiger partial charge in [-0.25, -0.2) is 0 Å². The van der Waals surface area contributed by atoms with Gasteiger partial charge in [-0.3, -0.25) is 0 Å². The molecule has 0 saturated carbocycles. The normalized spacial score (nSPS) is 11.0. The molecule has 0 amide bonds. The summed E-state index contributed by atoms with van der Waals surface area (Å²) in [6.07, 6.45) is 0. The fourth-order valence-electron chi connectivity index (χ4n) is 2.48. The zero-order chi connectivity index (χ0) is 14.2. The van der Waals surface area contributed by atoms with Crippen LogP contribution >= 0.6 is 0 Å². The van der Waals surface area contributed by atoms with Crippen LogP contribution in [0, 0.1) is 0 Å². The van der Waals surface area contributed by atoms with E-state index >= 15 is 0 Å². The number of nitrogens with two attached hydrogens (primary N) is 1. The molecule has 3 aromatic carbocycles. The van der Waals surface area contributed by atoms with Crippen molar-refractivity contribution in [1.29, 1.82) is 0 Å². The Kier molecular flexibility index (Phi) is 2.57. The highest BCUT2D eigenvalue weighted by Gasteiger charge is 2.07. The van der Waals surface area contributed by atoms with Gasteiger partial charge in [-0.05, 0) is 36.4 Å². The first-order valence-electron chi connectivity index (χ1n) is 6.74. The van der Waals surface area contributed by atoms with Crippen molar-refractivity contribution in [2.24, 2.45) is 0 Å². The summed E-state index contributed by atoms with van der Waals surface area (Å²) in [6.45, 7) is 0. The number of ether oxygens (including phenoxy) is 1. The largest absolute Gasteiger partial charge is 0.457 e. The molecular formula is C18H13NO2. The second-order valence-electron chi connectivity index (χ2n) is 4.93. The molecule has 3 heteroatoms. The molecule has 102 valence electrons. The Morgan fingerprint density at radius 3 is 2.43 bits per heavy atom. The molecular weight excluding hydrogens is 262 g/mol. The first-order valence-corrected chi connectivity index (χ1v) is 6.74. The summed E-state index contributed by atoms with van der Waals surface area (Å²) in [5, 5.41) is 2.14. The molecule has 4 rings (SSSR count). The lowest BCUT2D eigenvalue weighted by atomic mass is 10.1. The van der Waals surface area contributed by atoms with Crippen LogP contribution in [0.15, 0.2) is 71.1 Å². The third-order valence-corrected chi connectivity index (χ3v) is 3.44. The van der Waals surface area contributed by atoms with Gasteiger partial charge >= 0.3 is 0 Å². The second kappa shape index (κ2) is 4.56. The lowest BCUT2D eigenvalue weighted by molar-refractivity contribution is 0.483. The van der Waals surface area contributed by atoms with Gasteiger partial charge in [-0.15, -0.1) is 0 Å². The Balaban J connectivity index is 1.81. The van der Waals surface area contributed by atoms with E-state index in [1.54, 1.807) is 6.07 Å². The summed E-state index contributed by atoms with van der Waals surface area (Å²) in [4.78, 5) is 0. The van der Waals surface area contributed by atoms with E-state index in [1.165, 1.54) is 0 Å². The lowest BCUT2D eigenvalue weighted by Crippen LogP contribution is -1.87. The van der Waals surface area contributed by atoms with Gasteiger partial charge in [-0.2, -0.15) is 0 Å². The van der Waals surface area contributed by atoms with Crippen LogP contribution in [0.3, 0.4) is 0 Å². The van der Waals surface area contributed by atoms with Crippen LogP contribution in [-0.4, -0.2) is 0 Å². The van der Waals surface area contributed by atoms with Crippen molar-refractivity contribution < 1.29 is 9.15 Å². The molecule has 0 saturated heterocycles. The Hall–Kier alpha value is -2.94. The molecule has 0 fully saturated rings. The third kappa shape index (κ3) is 2.09. The standard InChI is InChI=1S/C18H13NO2/c19-12-4-3-5-13(10-12)20-14-8-9-18-16(11-14)15-6-1-2-7-17(15)21-18/h1-11H,19H2. The number of anilines is 1. The van der Waals surface area contributed by atoms with Crippen LogP contribution in [-0.2, 0) is 0 Å². The van der Waals surface area contributed by atoms with Crippen molar-refractivity contribution >= 4 is 27.6 Å². The maximum atomic E-state index is 5.86. The Morgan fingerprint density at radius 1 is 0.714 bits per heavy atom. The minimum atomic E-state index is 0.683. The van der Waals surface area contributed by atoms with Crippen LogP contribution in [0.25, 0.3) is 21.9 Å². The van der Waals surface area contributed by atoms with Crippen molar-refractivity contribution in [3.05, 3.63) is 66.7 Å². The van der Waals surface area contributed by atoms with Crippen molar-refractivity contribution in [3.8, 4) is 11.5 Å². The fourth-order valence-corrected chi connectivity index (χ4v) is 2.48. The van der Waals surface area contributed by atoms with E-state index in [0.29, 0.717) is 5.69 Å². The average Bonchev–Trinajstić information content (AvgIpc) is 2.85. The van der Waals surface area contributed by atoms with Crippen molar-refractivity contribution in [1.82, 2.24) is 0 Å². The molecule has 0 aliphatic heterocycles. The smallest absolute Gasteiger partial charge is 0.135 e. The van der Waals surface area contributed by atoms with E-state index in [0.717, 1.165) is 33.4 Å². The van der Waals surface area contributed by atoms with Crippen molar-refractivity contribution in [2.75, 3.05) is 5.73 Å². The van der Waals surface area contributed by atoms with Crippen molar-refractivity contribution in [3.63, 3.8) is 0 Å². The summed E-state index contributed by atoms with van der Waals surface area (Å²) in [5.74, 6) is 1.49. The quantitative estimate of drug-likeness (QED) is 0.526. The minimum absolute atomic E-state index is 0.683. The van der Waals surface area contributed by atoms with Crippen LogP contribution in [0.4, 0.5) is 5.69 Å². The number of para-hydroxylation sites is 1. The van der Waals surface area contributed by atoms with Crippen LogP contribution in [0.1, 0.15) is 0 Å². The Bertz CT molecular complexity index is 940. The number of hydrogen-bond acceptors (Lipinski definition) is 3. The first-order chi connectivity index (χ1) is 10.3. The maximum Gasteiger partial charge on any atom is 0.135 e. The highest BCUT2D eigenvalue weighted by Crippen LogP contribution is 2.33. The Morgan fingerprint density at radius 2 is 1.52 bits per heavy atom. The number of nitrogen functional groups attached to an aromatic ring is 1. The molecule has 0 aliphatic rings. The number of benzene rings is 3. The number of furan rings is 1. The third-order valence-electron chi connectivity index (χ3n) is 3.44. The zero-order valence-corrected chi connectivity index (χ0v) is 11.2. The molecule has 3 nitrogen and oxygen atoms in total. The molecule has 0 atom stereocenters. The zero-order valence-electron chi connectivity index (χ0n) is 11.2. The van der Waals surface area contributed by atoms with Gasteiger partial charge in [0.15, 0.2) is 0 Å². The van der Waals surface area contributed by atoms with E-state index in [4.69, 9.17) is 14.9 Å². The van der Waals surface area contributed by atoms with Crippen LogP contribution < -0.4 is 10.5 Å². The van der Waals surface area contributed by atoms with Gasteiger partial charge in [-0.1, -0.05) is 24.3 Å². The van der Waals surface area contributed by atoms with Crippen LogP contribution in [0.2, 0.25) is 0 Å². The molecule has 0 aliphatic carbocycles. The summed E-state index contributed by atoms with van der Waals surface area (Å²) >= 11 is 0. The number of rotatable bonds is 2. The predicted molar refractivity (Wildman–Crippen MR) is 84.6 cm³/mol. The summed E-state index contributed by atoms with van der Waals surface area (Å²) < 4.78 is 11.7. The maximum absolute atomic E-state index is 5.86. The Labute approximate surface area is 121 Å². The van der Waals surface area contributed by atoms with Crippen molar-refractivity contribution in [2.45, 2.75) is 0 Å². The highest BCUT2D eigenvalue weighted by molar-refractivity contribution is 6.05. The van der Waals surface area contributed by atoms with Gasteiger partial charge in [0.2, 0.25) is 0 Å². The number of hydrogen-bond donors (Lipinski definition) is 1. The molecule has 0 unspecified atom stereocenters. The minimum Gasteiger partial charge on any atom is -0.457 e. The van der Waals surface area contributed by atoms with E-state index in [9.17, 15) is 0 Å². The molecule has 1 aromatic heterocycles. The van der Waals surface area contributed by atoms with E-state index in [-0.39, 0.29) is 0 Å². The molecule has 0 spiro atoms. The average molecular weight is 275 g/mol. The predicted octanol–water partition coefficient (Wildman–Crippen LogP) is 4.96.